The Labute approximate surface area is 675 Å². The van der Waals surface area contributed by atoms with Crippen molar-refractivity contribution in [1.29, 1.82) is 0 Å². The van der Waals surface area contributed by atoms with Crippen molar-refractivity contribution in [3.05, 3.63) is 320 Å². The van der Waals surface area contributed by atoms with Crippen LogP contribution in [0.3, 0.4) is 0 Å². The third-order valence-corrected chi connectivity index (χ3v) is 21.5. The number of amides is 4. The van der Waals surface area contributed by atoms with Crippen molar-refractivity contribution < 1.29 is 36.0 Å². The van der Waals surface area contributed by atoms with E-state index in [2.05, 4.69) is 66.1 Å². The Hall–Kier alpha value is -12.6. The summed E-state index contributed by atoms with van der Waals surface area (Å²) in [5.74, 6) is -1.37. The van der Waals surface area contributed by atoms with Crippen molar-refractivity contribution in [2.75, 3.05) is 39.5 Å². The molecule has 22 nitrogen and oxygen atoms in total. The number of para-hydroxylation sites is 8. The molecule has 0 bridgehead atoms. The van der Waals surface area contributed by atoms with E-state index < -0.39 is 31.5 Å². The van der Waals surface area contributed by atoms with Gasteiger partial charge in [0, 0.05) is 69.3 Å². The number of hydrogen-bond donors (Lipinski definition) is 5. The Balaban J connectivity index is 0.000000132. The summed E-state index contributed by atoms with van der Waals surface area (Å²) in [6, 6.07) is 69.2. The van der Waals surface area contributed by atoms with Gasteiger partial charge in [-0.05, 0) is 176 Å². The Morgan fingerprint density at radius 1 is 0.345 bits per heavy atom. The van der Waals surface area contributed by atoms with Crippen LogP contribution in [0, 0.1) is 0 Å². The summed E-state index contributed by atoms with van der Waals surface area (Å²) >= 11 is 32.5. The van der Waals surface area contributed by atoms with Gasteiger partial charge in [0.15, 0.2) is 19.7 Å². The topological polar surface area (TPSA) is 327 Å². The Morgan fingerprint density at radius 3 is 1.07 bits per heavy atom. The molecule has 0 atom stereocenters. The van der Waals surface area contributed by atoms with Gasteiger partial charge in [-0.1, -0.05) is 125 Å². The van der Waals surface area contributed by atoms with Crippen molar-refractivity contribution in [2.24, 2.45) is 0 Å². The van der Waals surface area contributed by atoms with Gasteiger partial charge in [-0.2, -0.15) is 0 Å². The van der Waals surface area contributed by atoms with E-state index in [-0.39, 0.29) is 38.6 Å². The minimum Gasteiger partial charge on any atom is -0.383 e. The van der Waals surface area contributed by atoms with Gasteiger partial charge >= 0.3 is 0 Å². The molecule has 0 radical (unpaired) electrons. The predicted molar refractivity (Wildman–Crippen MR) is 449 cm³/mol. The number of halogens is 5. The van der Waals surface area contributed by atoms with Crippen LogP contribution in [-0.2, 0) is 19.7 Å². The molecule has 16 aromatic rings. The lowest BCUT2D eigenvalue weighted by Crippen LogP contribution is -2.16. The molecule has 0 fully saturated rings. The normalized spacial score (nSPS) is 11.1. The highest BCUT2D eigenvalue weighted by Crippen LogP contribution is 2.36. The first kappa shape index (κ1) is 78.6. The number of sulfone groups is 2. The molecule has 6 aromatic heterocycles. The van der Waals surface area contributed by atoms with Gasteiger partial charge in [0.2, 0.25) is 0 Å². The standard InChI is InChI=1S/2C22H16ClN3O3S.C20H14ClN5O.C19H11Cl2N3OS/c1-30(28,29)21-9-5-2-6-15(21)22(27)25-14-10-11-17(23)16(12-14)20-13-24-18-7-3-4-8-19(18)26-20;1-30(28,29)16-6-4-5-14(11-16)22(27)25-15-9-10-18(23)17(12-15)21-13-24-19-7-2-3-8-20(19)26-21;21-15-8-7-12(25-20(27)13-4-3-9-23-19(13)22)10-14(15)18-11-24-16-5-1-2-6-17(16)26-18;20-13-6-5-11(23-19(25)17-7-8-18(21)26-17)9-12(13)16-10-22-14-3-1-2-4-15(14)24-16/h2*2-13H,1H3,(H,25,27);1-11H,(H2,22,23)(H,25,27);1-10H,(H,23,25). The van der Waals surface area contributed by atoms with E-state index in [4.69, 9.17) is 63.7 Å². The summed E-state index contributed by atoms with van der Waals surface area (Å²) in [4.78, 5) is 90.7. The number of fused-ring (bicyclic) bond motifs is 4. The summed E-state index contributed by atoms with van der Waals surface area (Å²) in [5, 5.41) is 13.1. The lowest BCUT2D eigenvalue weighted by atomic mass is 10.1. The van der Waals surface area contributed by atoms with Crippen molar-refractivity contribution >= 4 is 185 Å². The first-order valence-electron chi connectivity index (χ1n) is 33.7. The molecule has 6 N–H and O–H groups in total. The predicted octanol–water partition coefficient (Wildman–Crippen LogP) is 19.3. The Bertz CT molecular complexity index is 6650. The van der Waals surface area contributed by atoms with E-state index in [1.807, 2.05) is 97.1 Å². The van der Waals surface area contributed by atoms with Crippen LogP contribution >= 0.6 is 69.3 Å². The smallest absolute Gasteiger partial charge is 0.265 e. The number of anilines is 5. The first-order valence-corrected chi connectivity index (χ1v) is 40.2. The number of nitrogens with two attached hydrogens (primary N) is 1. The molecule has 0 spiro atoms. The van der Waals surface area contributed by atoms with Gasteiger partial charge < -0.3 is 27.0 Å². The van der Waals surface area contributed by atoms with Crippen LogP contribution in [0.4, 0.5) is 28.6 Å². The monoisotopic (exact) mass is 1650 g/mol. The number of thiophene rings is 1. The van der Waals surface area contributed by atoms with Gasteiger partial charge in [0.05, 0.1) is 142 Å². The van der Waals surface area contributed by atoms with E-state index in [1.54, 1.807) is 140 Å². The molecule has 6 heterocycles. The minimum atomic E-state index is -3.55. The second kappa shape index (κ2) is 34.8. The summed E-state index contributed by atoms with van der Waals surface area (Å²) < 4.78 is 48.0. The van der Waals surface area contributed by atoms with Crippen LogP contribution in [0.15, 0.2) is 283 Å². The van der Waals surface area contributed by atoms with E-state index in [9.17, 15) is 36.0 Å². The number of nitrogens with zero attached hydrogens (tertiary/aromatic N) is 9. The summed E-state index contributed by atoms with van der Waals surface area (Å²) in [6.07, 6.45) is 10.3. The largest absolute Gasteiger partial charge is 0.383 e. The number of nitrogens with one attached hydrogen (secondary N) is 4. The average molecular weight is 1650 g/mol. The summed E-state index contributed by atoms with van der Waals surface area (Å²) in [6.45, 7) is 0. The maximum Gasteiger partial charge on any atom is 0.265 e. The van der Waals surface area contributed by atoms with Gasteiger partial charge in [-0.15, -0.1) is 11.3 Å². The highest BCUT2D eigenvalue weighted by molar-refractivity contribution is 7.91. The molecule has 0 saturated carbocycles. The molecular weight excluding hydrogens is 1590 g/mol. The average Bonchev–Trinajstić information content (AvgIpc) is 1.44. The van der Waals surface area contributed by atoms with Crippen LogP contribution in [-0.4, -0.2) is 97.8 Å². The second-order valence-corrected chi connectivity index (χ2v) is 32.0. The number of pyridine rings is 1. The van der Waals surface area contributed by atoms with Gasteiger partial charge in [0.1, 0.15) is 5.82 Å². The van der Waals surface area contributed by atoms with E-state index in [1.165, 1.54) is 47.9 Å². The van der Waals surface area contributed by atoms with E-state index >= 15 is 0 Å². The quantitative estimate of drug-likeness (QED) is 0.0675. The molecule has 0 aliphatic rings. The third-order valence-electron chi connectivity index (χ3n) is 16.7. The van der Waals surface area contributed by atoms with Crippen LogP contribution in [0.5, 0.6) is 0 Å². The lowest BCUT2D eigenvalue weighted by molar-refractivity contribution is 0.101. The number of benzene rings is 10. The molecule has 30 heteroatoms. The minimum absolute atomic E-state index is 0.0305. The zero-order chi connectivity index (χ0) is 79.5. The second-order valence-electron chi connectivity index (χ2n) is 24.7. The zero-order valence-electron chi connectivity index (χ0n) is 59.0. The number of hydrogen-bond acceptors (Lipinski definition) is 19. The van der Waals surface area contributed by atoms with Crippen LogP contribution in [0.25, 0.3) is 89.2 Å². The number of carbonyl (C=O) groups excluding carboxylic acids is 4. The fourth-order valence-corrected chi connectivity index (χ4v) is 14.6. The molecule has 0 aliphatic carbocycles. The highest BCUT2D eigenvalue weighted by atomic mass is 35.5. The molecule has 10 aromatic carbocycles. The van der Waals surface area contributed by atoms with Crippen LogP contribution < -0.4 is 27.0 Å². The maximum absolute atomic E-state index is 12.8. The van der Waals surface area contributed by atoms with Crippen molar-refractivity contribution in [3.8, 4) is 45.0 Å². The van der Waals surface area contributed by atoms with E-state index in [0.717, 1.165) is 56.6 Å². The molecule has 16 rings (SSSR count). The fourth-order valence-electron chi connectivity index (χ4n) is 11.2. The molecular formula is C83H57Cl5N14O8S3. The third kappa shape index (κ3) is 19.4. The van der Waals surface area contributed by atoms with Gasteiger partial charge in [-0.25, -0.2) is 41.8 Å². The van der Waals surface area contributed by atoms with Crippen molar-refractivity contribution in [2.45, 2.75) is 9.79 Å². The fraction of sp³-hybridized carbons (Fsp3) is 0.0241. The SMILES string of the molecule is CS(=O)(=O)c1cccc(C(=O)Nc2ccc(Cl)c(-c3cnc4ccccc4n3)c2)c1.CS(=O)(=O)c1ccccc1C(=O)Nc1ccc(Cl)c(-c2cnc3ccccc3n2)c1.Nc1ncccc1C(=O)Nc1ccc(Cl)c(-c2cnc3ccccc3n2)c1.O=C(Nc1ccc(Cl)c(-c2cnc3ccccc3n2)c1)c1ccc(Cl)s1. The van der Waals surface area contributed by atoms with E-state index in [0.29, 0.717) is 103 Å². The molecule has 4 amide bonds. The number of carbonyl (C=O) groups is 4. The molecule has 560 valence electrons. The lowest BCUT2D eigenvalue weighted by Gasteiger charge is -2.11. The van der Waals surface area contributed by atoms with Crippen LogP contribution in [0.1, 0.15) is 40.7 Å². The zero-order valence-corrected chi connectivity index (χ0v) is 65.2. The van der Waals surface area contributed by atoms with Crippen LogP contribution in [0.2, 0.25) is 24.4 Å². The Morgan fingerprint density at radius 2 is 0.699 bits per heavy atom. The number of rotatable bonds is 14. The Kier molecular flexibility index (Phi) is 24.2. The van der Waals surface area contributed by atoms with Gasteiger partial charge in [-0.3, -0.25) is 39.1 Å². The van der Waals surface area contributed by atoms with Crippen molar-refractivity contribution in [3.63, 3.8) is 0 Å². The van der Waals surface area contributed by atoms with Gasteiger partial charge in [0.25, 0.3) is 23.6 Å². The number of nitrogen functional groups attached to an aromatic ring is 1. The van der Waals surface area contributed by atoms with Crippen molar-refractivity contribution in [1.82, 2.24) is 44.9 Å². The number of aromatic nitrogens is 9. The molecule has 0 saturated heterocycles. The summed E-state index contributed by atoms with van der Waals surface area (Å²) in [7, 11) is -6.96. The molecule has 113 heavy (non-hydrogen) atoms. The molecule has 0 unspecified atom stereocenters. The summed E-state index contributed by atoms with van der Waals surface area (Å²) in [5.41, 5.74) is 19.7. The first-order chi connectivity index (χ1) is 54.3. The maximum atomic E-state index is 12.8. The molecule has 0 aliphatic heterocycles. The highest BCUT2D eigenvalue weighted by Gasteiger charge is 2.22.